The summed E-state index contributed by atoms with van der Waals surface area (Å²) in [5, 5.41) is 5.51. The number of carbonyl (C=O) groups excluding carboxylic acids is 2. The van der Waals surface area contributed by atoms with Crippen molar-refractivity contribution in [1.29, 1.82) is 0 Å². The summed E-state index contributed by atoms with van der Waals surface area (Å²) in [6.45, 7) is 0. The van der Waals surface area contributed by atoms with E-state index in [4.69, 9.17) is 4.42 Å². The van der Waals surface area contributed by atoms with Crippen LogP contribution < -0.4 is 10.6 Å². The van der Waals surface area contributed by atoms with Gasteiger partial charge in [0.15, 0.2) is 5.76 Å². The van der Waals surface area contributed by atoms with Crippen LogP contribution in [0, 0.1) is 5.82 Å². The summed E-state index contributed by atoms with van der Waals surface area (Å²) in [5.74, 6) is -1.01. The van der Waals surface area contributed by atoms with Gasteiger partial charge < -0.3 is 15.1 Å². The van der Waals surface area contributed by atoms with E-state index in [2.05, 4.69) is 15.6 Å². The third kappa shape index (κ3) is 2.94. The Hall–Kier alpha value is -3.94. The van der Waals surface area contributed by atoms with Crippen molar-refractivity contribution in [3.8, 4) is 11.5 Å². The van der Waals surface area contributed by atoms with Gasteiger partial charge in [-0.2, -0.15) is 0 Å². The van der Waals surface area contributed by atoms with Crippen LogP contribution in [0.4, 0.5) is 15.9 Å². The molecule has 4 aromatic rings. The van der Waals surface area contributed by atoms with Gasteiger partial charge in [0.05, 0.1) is 12.2 Å². The number of benzene rings is 1. The van der Waals surface area contributed by atoms with Gasteiger partial charge >= 0.3 is 0 Å². The molecule has 144 valence electrons. The monoisotopic (exact) mass is 390 g/mol. The van der Waals surface area contributed by atoms with Gasteiger partial charge in [-0.3, -0.25) is 14.0 Å². The van der Waals surface area contributed by atoms with E-state index in [1.165, 1.54) is 24.5 Å². The van der Waals surface area contributed by atoms with Crippen molar-refractivity contribution in [2.24, 2.45) is 0 Å². The van der Waals surface area contributed by atoms with Crippen LogP contribution >= 0.6 is 0 Å². The summed E-state index contributed by atoms with van der Waals surface area (Å²) < 4.78 is 20.8. The highest BCUT2D eigenvalue weighted by Crippen LogP contribution is 2.35. The van der Waals surface area contributed by atoms with Crippen molar-refractivity contribution in [1.82, 2.24) is 9.38 Å². The fraction of sp³-hybridized carbons (Fsp3) is 0.0952. The Morgan fingerprint density at radius 2 is 2.14 bits per heavy atom. The molecule has 7 nitrogen and oxygen atoms in total. The number of nitrogens with one attached hydrogen (secondary N) is 2. The maximum atomic E-state index is 13.6. The normalized spacial score (nSPS) is 15.8. The maximum absolute atomic E-state index is 13.6. The predicted molar refractivity (Wildman–Crippen MR) is 104 cm³/mol. The van der Waals surface area contributed by atoms with Crippen LogP contribution in [-0.4, -0.2) is 21.2 Å². The molecular formula is C21H15FN4O3. The minimum atomic E-state index is -0.752. The number of hydrogen-bond donors (Lipinski definition) is 2. The standard InChI is InChI=1S/C21H15FN4O3/c22-12-6-7-13-14(11-18(27)23-15(13)10-12)21(28)25-20-19(16-4-3-9-29-16)24-17-5-1-2-8-26(17)20/h1-10,14H,11H2,(H,23,27)(H,25,28). The third-order valence-corrected chi connectivity index (χ3v) is 4.90. The minimum absolute atomic E-state index is 0.0305. The number of rotatable bonds is 3. The number of aromatic nitrogens is 2. The van der Waals surface area contributed by atoms with Crippen molar-refractivity contribution in [3.63, 3.8) is 0 Å². The largest absolute Gasteiger partial charge is 0.463 e. The molecule has 0 saturated carbocycles. The molecule has 0 spiro atoms. The van der Waals surface area contributed by atoms with Crippen LogP contribution in [0.1, 0.15) is 17.9 Å². The molecule has 3 aromatic heterocycles. The number of furan rings is 1. The summed E-state index contributed by atoms with van der Waals surface area (Å²) in [7, 11) is 0. The number of imidazole rings is 1. The number of halogens is 1. The molecule has 1 atom stereocenters. The number of fused-ring (bicyclic) bond motifs is 2. The second-order valence-electron chi connectivity index (χ2n) is 6.74. The van der Waals surface area contributed by atoms with Gasteiger partial charge in [0, 0.05) is 18.3 Å². The SMILES string of the molecule is O=C1CC(C(=O)Nc2c(-c3ccco3)nc3ccccn23)c2ccc(F)cc2N1. The van der Waals surface area contributed by atoms with Gasteiger partial charge in [-0.25, -0.2) is 9.37 Å². The summed E-state index contributed by atoms with van der Waals surface area (Å²) >= 11 is 0. The first-order valence-electron chi connectivity index (χ1n) is 9.01. The molecule has 29 heavy (non-hydrogen) atoms. The lowest BCUT2D eigenvalue weighted by atomic mass is 9.89. The van der Waals surface area contributed by atoms with Gasteiger partial charge in [0.25, 0.3) is 0 Å². The number of anilines is 2. The first-order valence-corrected chi connectivity index (χ1v) is 9.01. The maximum Gasteiger partial charge on any atom is 0.233 e. The quantitative estimate of drug-likeness (QED) is 0.557. The van der Waals surface area contributed by atoms with Crippen molar-refractivity contribution in [3.05, 3.63) is 72.4 Å². The van der Waals surface area contributed by atoms with Gasteiger partial charge in [0.2, 0.25) is 11.8 Å². The second-order valence-corrected chi connectivity index (χ2v) is 6.74. The molecule has 0 bridgehead atoms. The summed E-state index contributed by atoms with van der Waals surface area (Å²) in [6.07, 6.45) is 3.28. The highest BCUT2D eigenvalue weighted by molar-refractivity contribution is 6.05. The molecule has 4 heterocycles. The molecule has 2 N–H and O–H groups in total. The number of pyridine rings is 1. The lowest BCUT2D eigenvalue weighted by Gasteiger charge is -2.24. The Morgan fingerprint density at radius 3 is 2.97 bits per heavy atom. The molecule has 1 aliphatic heterocycles. The van der Waals surface area contributed by atoms with Crippen molar-refractivity contribution < 1.29 is 18.4 Å². The molecule has 0 fully saturated rings. The zero-order chi connectivity index (χ0) is 20.0. The van der Waals surface area contributed by atoms with Crippen LogP contribution in [0.15, 0.2) is 65.4 Å². The first-order chi connectivity index (χ1) is 14.1. The zero-order valence-corrected chi connectivity index (χ0v) is 15.1. The van der Waals surface area contributed by atoms with E-state index >= 15 is 0 Å². The fourth-order valence-corrected chi connectivity index (χ4v) is 3.58. The smallest absolute Gasteiger partial charge is 0.233 e. The molecule has 1 aromatic carbocycles. The summed E-state index contributed by atoms with van der Waals surface area (Å²) in [6, 6.07) is 13.0. The molecule has 2 amide bonds. The number of nitrogens with zero attached hydrogens (tertiary/aromatic N) is 2. The van der Waals surface area contributed by atoms with E-state index < -0.39 is 11.7 Å². The van der Waals surface area contributed by atoms with Crippen molar-refractivity contribution >= 4 is 29.0 Å². The number of carbonyl (C=O) groups is 2. The Morgan fingerprint density at radius 1 is 1.24 bits per heavy atom. The fourth-order valence-electron chi connectivity index (χ4n) is 3.58. The van der Waals surface area contributed by atoms with E-state index in [1.807, 2.05) is 18.2 Å². The van der Waals surface area contributed by atoms with Crippen LogP contribution in [0.5, 0.6) is 0 Å². The second kappa shape index (κ2) is 6.59. The van der Waals surface area contributed by atoms with E-state index in [1.54, 1.807) is 22.7 Å². The molecule has 1 unspecified atom stereocenters. The van der Waals surface area contributed by atoms with E-state index in [-0.39, 0.29) is 18.2 Å². The predicted octanol–water partition coefficient (Wildman–Crippen LogP) is 3.80. The minimum Gasteiger partial charge on any atom is -0.463 e. The van der Waals surface area contributed by atoms with Crippen molar-refractivity contribution in [2.45, 2.75) is 12.3 Å². The van der Waals surface area contributed by atoms with Crippen LogP contribution in [0.25, 0.3) is 17.1 Å². The van der Waals surface area contributed by atoms with E-state index in [0.29, 0.717) is 34.2 Å². The Labute approximate surface area is 164 Å². The van der Waals surface area contributed by atoms with Gasteiger partial charge in [-0.05, 0) is 42.0 Å². The lowest BCUT2D eigenvalue weighted by molar-refractivity contribution is -0.123. The summed E-state index contributed by atoms with van der Waals surface area (Å²) in [5.41, 5.74) is 2.00. The first kappa shape index (κ1) is 17.2. The van der Waals surface area contributed by atoms with E-state index in [0.717, 1.165) is 0 Å². The third-order valence-electron chi connectivity index (χ3n) is 4.90. The average Bonchev–Trinajstić information content (AvgIpc) is 3.35. The number of amides is 2. The molecule has 8 heteroatoms. The molecule has 1 aliphatic rings. The topological polar surface area (TPSA) is 88.6 Å². The molecular weight excluding hydrogens is 375 g/mol. The number of hydrogen-bond acceptors (Lipinski definition) is 4. The van der Waals surface area contributed by atoms with Gasteiger partial charge in [-0.1, -0.05) is 12.1 Å². The van der Waals surface area contributed by atoms with E-state index in [9.17, 15) is 14.0 Å². The van der Waals surface area contributed by atoms with Gasteiger partial charge in [-0.15, -0.1) is 0 Å². The van der Waals surface area contributed by atoms with Crippen LogP contribution in [0.2, 0.25) is 0 Å². The molecule has 5 rings (SSSR count). The van der Waals surface area contributed by atoms with Gasteiger partial charge in [0.1, 0.15) is 23.0 Å². The highest BCUT2D eigenvalue weighted by Gasteiger charge is 2.32. The highest BCUT2D eigenvalue weighted by atomic mass is 19.1. The molecule has 0 aliphatic carbocycles. The molecule has 0 saturated heterocycles. The summed E-state index contributed by atoms with van der Waals surface area (Å²) in [4.78, 5) is 29.8. The Bertz CT molecular complexity index is 1250. The zero-order valence-electron chi connectivity index (χ0n) is 15.1. The lowest BCUT2D eigenvalue weighted by Crippen LogP contribution is -2.31. The Kier molecular flexibility index (Phi) is 3.90. The van der Waals surface area contributed by atoms with Crippen molar-refractivity contribution in [2.75, 3.05) is 10.6 Å². The van der Waals surface area contributed by atoms with Crippen LogP contribution in [0.3, 0.4) is 0 Å². The average molecular weight is 390 g/mol. The van der Waals surface area contributed by atoms with Crippen LogP contribution in [-0.2, 0) is 9.59 Å². The Balaban J connectivity index is 1.56. The molecule has 0 radical (unpaired) electrons.